The smallest absolute Gasteiger partial charge is 0.328 e. The highest BCUT2D eigenvalue weighted by Gasteiger charge is 2.26. The standard InChI is InChI=1S/C14H25N3O3.C4H4O4/c1-2-20-11-10-15-6-8-16(9-7-15)14(19)12-17-5-3-4-13(17)18;5-3(6)1-2-4(7)8/h2-12H2,1H3;1-2H,(H,5,6)(H,7,8). The minimum Gasteiger partial charge on any atom is -0.478 e. The molecule has 0 aromatic carbocycles. The summed E-state index contributed by atoms with van der Waals surface area (Å²) in [5.74, 6) is -2.31. The van der Waals surface area contributed by atoms with Crippen molar-refractivity contribution in [3.63, 3.8) is 0 Å². The van der Waals surface area contributed by atoms with E-state index in [-0.39, 0.29) is 18.4 Å². The van der Waals surface area contributed by atoms with Crippen LogP contribution in [0.1, 0.15) is 19.8 Å². The summed E-state index contributed by atoms with van der Waals surface area (Å²) in [6.45, 7) is 8.74. The Bertz CT molecular complexity index is 556. The summed E-state index contributed by atoms with van der Waals surface area (Å²) >= 11 is 0. The zero-order valence-electron chi connectivity index (χ0n) is 16.2. The van der Waals surface area contributed by atoms with Gasteiger partial charge >= 0.3 is 11.9 Å². The van der Waals surface area contributed by atoms with E-state index < -0.39 is 11.9 Å². The van der Waals surface area contributed by atoms with E-state index in [0.717, 1.165) is 58.9 Å². The van der Waals surface area contributed by atoms with Crippen LogP contribution in [-0.2, 0) is 23.9 Å². The Balaban J connectivity index is 0.000000416. The summed E-state index contributed by atoms with van der Waals surface area (Å²) in [6.07, 6.45) is 2.60. The van der Waals surface area contributed by atoms with Crippen molar-refractivity contribution in [2.75, 3.05) is 59.0 Å². The van der Waals surface area contributed by atoms with Crippen molar-refractivity contribution in [1.82, 2.24) is 14.7 Å². The normalized spacial score (nSPS) is 17.5. The summed E-state index contributed by atoms with van der Waals surface area (Å²) in [5, 5.41) is 15.6. The summed E-state index contributed by atoms with van der Waals surface area (Å²) in [7, 11) is 0. The Morgan fingerprint density at radius 1 is 1.04 bits per heavy atom. The Hall–Kier alpha value is -2.46. The van der Waals surface area contributed by atoms with Crippen LogP contribution in [0, 0.1) is 0 Å². The van der Waals surface area contributed by atoms with E-state index in [1.54, 1.807) is 4.90 Å². The summed E-state index contributed by atoms with van der Waals surface area (Å²) in [4.78, 5) is 48.7. The number of piperazine rings is 1. The van der Waals surface area contributed by atoms with Crippen LogP contribution in [0.15, 0.2) is 12.2 Å². The number of carboxylic acid groups (broad SMARTS) is 2. The fourth-order valence-electron chi connectivity index (χ4n) is 2.84. The molecule has 0 spiro atoms. The topological polar surface area (TPSA) is 128 Å². The molecule has 10 heteroatoms. The third kappa shape index (κ3) is 9.47. The maximum atomic E-state index is 12.2. The average Bonchev–Trinajstić information content (AvgIpc) is 3.06. The predicted molar refractivity (Wildman–Crippen MR) is 99.7 cm³/mol. The van der Waals surface area contributed by atoms with Gasteiger partial charge in [0.2, 0.25) is 11.8 Å². The molecule has 2 saturated heterocycles. The molecule has 2 amide bonds. The summed E-state index contributed by atoms with van der Waals surface area (Å²) in [5.41, 5.74) is 0. The van der Waals surface area contributed by atoms with Gasteiger partial charge in [-0.25, -0.2) is 9.59 Å². The lowest BCUT2D eigenvalue weighted by Crippen LogP contribution is -2.51. The van der Waals surface area contributed by atoms with Crippen LogP contribution in [0.3, 0.4) is 0 Å². The first-order valence-corrected chi connectivity index (χ1v) is 9.33. The van der Waals surface area contributed by atoms with Crippen molar-refractivity contribution in [2.45, 2.75) is 19.8 Å². The van der Waals surface area contributed by atoms with Gasteiger partial charge in [0.05, 0.1) is 13.2 Å². The number of likely N-dealkylation sites (tertiary alicyclic amines) is 1. The van der Waals surface area contributed by atoms with Gasteiger partial charge in [-0.1, -0.05) is 0 Å². The fourth-order valence-corrected chi connectivity index (χ4v) is 2.84. The zero-order chi connectivity index (χ0) is 20.9. The minimum atomic E-state index is -1.26. The summed E-state index contributed by atoms with van der Waals surface area (Å²) in [6, 6.07) is 0. The highest BCUT2D eigenvalue weighted by atomic mass is 16.5. The molecule has 2 heterocycles. The number of rotatable bonds is 8. The van der Waals surface area contributed by atoms with E-state index >= 15 is 0 Å². The van der Waals surface area contributed by atoms with Crippen LogP contribution in [0.5, 0.6) is 0 Å². The molecule has 2 fully saturated rings. The third-order valence-corrected chi connectivity index (χ3v) is 4.35. The fraction of sp³-hybridized carbons (Fsp3) is 0.667. The lowest BCUT2D eigenvalue weighted by Gasteiger charge is -2.35. The van der Waals surface area contributed by atoms with Crippen LogP contribution in [-0.4, -0.2) is 108 Å². The molecule has 0 atom stereocenters. The van der Waals surface area contributed by atoms with Gasteiger partial charge in [0.25, 0.3) is 0 Å². The second-order valence-electron chi connectivity index (χ2n) is 6.35. The van der Waals surface area contributed by atoms with Crippen LogP contribution in [0.2, 0.25) is 0 Å². The Morgan fingerprint density at radius 3 is 2.11 bits per heavy atom. The van der Waals surface area contributed by atoms with E-state index in [1.807, 2.05) is 11.8 Å². The number of nitrogens with zero attached hydrogens (tertiary/aromatic N) is 3. The molecule has 2 rings (SSSR count). The van der Waals surface area contributed by atoms with Gasteiger partial charge in [-0.05, 0) is 13.3 Å². The van der Waals surface area contributed by atoms with E-state index in [0.29, 0.717) is 18.6 Å². The highest BCUT2D eigenvalue weighted by molar-refractivity contribution is 5.89. The Kier molecular flexibility index (Phi) is 10.8. The van der Waals surface area contributed by atoms with Gasteiger partial charge in [-0.3, -0.25) is 14.5 Å². The molecule has 0 bridgehead atoms. The monoisotopic (exact) mass is 399 g/mol. The predicted octanol–water partition coefficient (Wildman–Crippen LogP) is -0.499. The Labute approximate surface area is 164 Å². The first-order valence-electron chi connectivity index (χ1n) is 9.33. The quantitative estimate of drug-likeness (QED) is 0.413. The van der Waals surface area contributed by atoms with Gasteiger partial charge < -0.3 is 24.7 Å². The maximum absolute atomic E-state index is 12.2. The van der Waals surface area contributed by atoms with Crippen LogP contribution in [0.25, 0.3) is 0 Å². The molecule has 0 aromatic rings. The van der Waals surface area contributed by atoms with Crippen molar-refractivity contribution in [1.29, 1.82) is 0 Å². The van der Waals surface area contributed by atoms with Crippen molar-refractivity contribution in [3.05, 3.63) is 12.2 Å². The molecule has 28 heavy (non-hydrogen) atoms. The first-order chi connectivity index (χ1) is 13.3. The number of carbonyl (C=O) groups is 4. The number of amides is 2. The Morgan fingerprint density at radius 2 is 1.64 bits per heavy atom. The van der Waals surface area contributed by atoms with E-state index in [2.05, 4.69) is 4.90 Å². The van der Waals surface area contributed by atoms with Gasteiger partial charge in [0, 0.05) is 64.4 Å². The number of aliphatic carboxylic acids is 2. The number of carboxylic acids is 2. The van der Waals surface area contributed by atoms with E-state index in [9.17, 15) is 19.2 Å². The maximum Gasteiger partial charge on any atom is 0.328 e. The molecule has 0 radical (unpaired) electrons. The van der Waals surface area contributed by atoms with Gasteiger partial charge in [0.15, 0.2) is 0 Å². The van der Waals surface area contributed by atoms with Gasteiger partial charge in [-0.15, -0.1) is 0 Å². The molecule has 0 unspecified atom stereocenters. The second kappa shape index (κ2) is 12.8. The van der Waals surface area contributed by atoms with Crippen LogP contribution in [0.4, 0.5) is 0 Å². The lowest BCUT2D eigenvalue weighted by molar-refractivity contribution is -0.139. The average molecular weight is 399 g/mol. The zero-order valence-corrected chi connectivity index (χ0v) is 16.2. The van der Waals surface area contributed by atoms with Crippen molar-refractivity contribution >= 4 is 23.8 Å². The first kappa shape index (κ1) is 23.6. The number of hydrogen-bond donors (Lipinski definition) is 2. The third-order valence-electron chi connectivity index (χ3n) is 4.35. The highest BCUT2D eigenvalue weighted by Crippen LogP contribution is 2.10. The lowest BCUT2D eigenvalue weighted by atomic mass is 10.3. The molecule has 0 aliphatic carbocycles. The number of ether oxygens (including phenoxy) is 1. The van der Waals surface area contributed by atoms with Gasteiger partial charge in [0.1, 0.15) is 0 Å². The molecular formula is C18H29N3O7. The molecule has 158 valence electrons. The van der Waals surface area contributed by atoms with Crippen LogP contribution < -0.4 is 0 Å². The van der Waals surface area contributed by atoms with Crippen molar-refractivity contribution in [2.24, 2.45) is 0 Å². The van der Waals surface area contributed by atoms with E-state index in [4.69, 9.17) is 14.9 Å². The van der Waals surface area contributed by atoms with Crippen LogP contribution >= 0.6 is 0 Å². The molecular weight excluding hydrogens is 370 g/mol. The van der Waals surface area contributed by atoms with E-state index in [1.165, 1.54) is 0 Å². The molecule has 0 saturated carbocycles. The van der Waals surface area contributed by atoms with Crippen molar-refractivity contribution < 1.29 is 34.1 Å². The SMILES string of the molecule is CCOCCN1CCN(C(=O)CN2CCCC2=O)CC1.O=C(O)C=CC(=O)O. The molecule has 2 aliphatic heterocycles. The number of carbonyl (C=O) groups excluding carboxylic acids is 2. The number of hydrogen-bond acceptors (Lipinski definition) is 6. The largest absolute Gasteiger partial charge is 0.478 e. The molecule has 2 aliphatic rings. The van der Waals surface area contributed by atoms with Gasteiger partial charge in [-0.2, -0.15) is 0 Å². The molecule has 10 nitrogen and oxygen atoms in total. The van der Waals surface area contributed by atoms with Crippen molar-refractivity contribution in [3.8, 4) is 0 Å². The molecule has 0 aromatic heterocycles. The second-order valence-corrected chi connectivity index (χ2v) is 6.35. The summed E-state index contributed by atoms with van der Waals surface area (Å²) < 4.78 is 5.34. The molecule has 2 N–H and O–H groups in total. The minimum absolute atomic E-state index is 0.0877.